The number of halogens is 1. The lowest BCUT2D eigenvalue weighted by Gasteiger charge is -2.09. The van der Waals surface area contributed by atoms with Gasteiger partial charge in [-0.3, -0.25) is 4.79 Å². The van der Waals surface area contributed by atoms with Crippen molar-refractivity contribution in [1.82, 2.24) is 4.98 Å². The molecule has 1 amide bonds. The summed E-state index contributed by atoms with van der Waals surface area (Å²) in [6.45, 7) is 4.14. The van der Waals surface area contributed by atoms with Gasteiger partial charge in [0.1, 0.15) is 5.82 Å². The first-order valence-corrected chi connectivity index (χ1v) is 5.83. The third-order valence-corrected chi connectivity index (χ3v) is 2.89. The van der Waals surface area contributed by atoms with Crippen LogP contribution in [0.15, 0.2) is 22.8 Å². The van der Waals surface area contributed by atoms with Gasteiger partial charge in [0, 0.05) is 12.6 Å². The number of carbonyl (C=O) groups is 1. The highest BCUT2D eigenvalue weighted by molar-refractivity contribution is 9.10. The summed E-state index contributed by atoms with van der Waals surface area (Å²) in [4.78, 5) is 15.6. The molecule has 0 aliphatic carbocycles. The molecular weight excluding hydrogens is 256 g/mol. The number of nitrogens with zero attached hydrogens (tertiary/aromatic N) is 1. The summed E-state index contributed by atoms with van der Waals surface area (Å²) in [5.74, 6) is 1.02. The Morgan fingerprint density at radius 2 is 2.40 bits per heavy atom. The molecule has 1 aromatic heterocycles. The highest BCUT2D eigenvalue weighted by Gasteiger charge is 2.09. The lowest BCUT2D eigenvalue weighted by Crippen LogP contribution is -2.15. The molecule has 4 heteroatoms. The Morgan fingerprint density at radius 3 is 3.00 bits per heavy atom. The second-order valence-corrected chi connectivity index (χ2v) is 4.45. The van der Waals surface area contributed by atoms with Gasteiger partial charge in [-0.25, -0.2) is 4.98 Å². The van der Waals surface area contributed by atoms with Crippen molar-refractivity contribution in [3.63, 3.8) is 0 Å². The van der Waals surface area contributed by atoms with E-state index in [1.807, 2.05) is 12.1 Å². The first-order chi connectivity index (χ1) is 7.13. The lowest BCUT2D eigenvalue weighted by molar-refractivity contribution is -0.117. The Labute approximate surface area is 98.4 Å². The second-order valence-electron chi connectivity index (χ2n) is 3.60. The minimum atomic E-state index is 0.0174. The Kier molecular flexibility index (Phi) is 4.75. The molecule has 0 radical (unpaired) electrons. The van der Waals surface area contributed by atoms with Crippen LogP contribution >= 0.6 is 15.9 Å². The fourth-order valence-electron chi connectivity index (χ4n) is 1.12. The molecule has 82 valence electrons. The summed E-state index contributed by atoms with van der Waals surface area (Å²) in [6, 6.07) is 3.67. The van der Waals surface area contributed by atoms with Crippen molar-refractivity contribution in [3.05, 3.63) is 22.8 Å². The number of rotatable bonds is 4. The van der Waals surface area contributed by atoms with Gasteiger partial charge in [0.05, 0.1) is 4.47 Å². The SMILES string of the molecule is CCC(C)CC(=O)Nc1ncccc1Br. The Hall–Kier alpha value is -0.900. The van der Waals surface area contributed by atoms with Crippen LogP contribution in [-0.2, 0) is 4.79 Å². The Balaban J connectivity index is 2.55. The number of hydrogen-bond acceptors (Lipinski definition) is 2. The largest absolute Gasteiger partial charge is 0.310 e. The summed E-state index contributed by atoms with van der Waals surface area (Å²) < 4.78 is 0.808. The first-order valence-electron chi connectivity index (χ1n) is 5.03. The molecule has 1 atom stereocenters. The molecule has 1 aromatic rings. The van der Waals surface area contributed by atoms with E-state index in [9.17, 15) is 4.79 Å². The summed E-state index contributed by atoms with van der Waals surface area (Å²) >= 11 is 3.33. The second kappa shape index (κ2) is 5.85. The van der Waals surface area contributed by atoms with E-state index in [1.54, 1.807) is 6.20 Å². The van der Waals surface area contributed by atoms with Crippen LogP contribution in [0.25, 0.3) is 0 Å². The van der Waals surface area contributed by atoms with Crippen molar-refractivity contribution >= 4 is 27.7 Å². The molecule has 0 bridgehead atoms. The summed E-state index contributed by atoms with van der Waals surface area (Å²) in [7, 11) is 0. The van der Waals surface area contributed by atoms with E-state index < -0.39 is 0 Å². The summed E-state index contributed by atoms with van der Waals surface area (Å²) in [5, 5.41) is 2.78. The molecular formula is C11H15BrN2O. The lowest BCUT2D eigenvalue weighted by atomic mass is 10.1. The van der Waals surface area contributed by atoms with Gasteiger partial charge < -0.3 is 5.32 Å². The van der Waals surface area contributed by atoms with E-state index in [0.29, 0.717) is 18.2 Å². The van der Waals surface area contributed by atoms with Crippen LogP contribution in [0.5, 0.6) is 0 Å². The molecule has 15 heavy (non-hydrogen) atoms. The number of nitrogens with one attached hydrogen (secondary N) is 1. The van der Waals surface area contributed by atoms with Crippen molar-refractivity contribution in [3.8, 4) is 0 Å². The Bertz CT molecular complexity index is 341. The van der Waals surface area contributed by atoms with Crippen LogP contribution in [0.2, 0.25) is 0 Å². The molecule has 3 nitrogen and oxygen atoms in total. The van der Waals surface area contributed by atoms with Gasteiger partial charge in [-0.15, -0.1) is 0 Å². The van der Waals surface area contributed by atoms with Gasteiger partial charge in [0.2, 0.25) is 5.91 Å². The van der Waals surface area contributed by atoms with Crippen LogP contribution in [0.3, 0.4) is 0 Å². The van der Waals surface area contributed by atoms with E-state index >= 15 is 0 Å². The van der Waals surface area contributed by atoms with Gasteiger partial charge in [0.25, 0.3) is 0 Å². The predicted octanol–water partition coefficient (Wildman–Crippen LogP) is 3.22. The van der Waals surface area contributed by atoms with Crippen molar-refractivity contribution in [2.75, 3.05) is 5.32 Å². The van der Waals surface area contributed by atoms with Crippen LogP contribution in [0.4, 0.5) is 5.82 Å². The molecule has 0 saturated heterocycles. The fraction of sp³-hybridized carbons (Fsp3) is 0.455. The van der Waals surface area contributed by atoms with Crippen molar-refractivity contribution < 1.29 is 4.79 Å². The first kappa shape index (κ1) is 12.2. The van der Waals surface area contributed by atoms with Gasteiger partial charge in [-0.1, -0.05) is 20.3 Å². The monoisotopic (exact) mass is 270 g/mol. The highest BCUT2D eigenvalue weighted by atomic mass is 79.9. The fourth-order valence-corrected chi connectivity index (χ4v) is 1.48. The maximum Gasteiger partial charge on any atom is 0.225 e. The topological polar surface area (TPSA) is 42.0 Å². The molecule has 0 saturated carbocycles. The smallest absolute Gasteiger partial charge is 0.225 e. The highest BCUT2D eigenvalue weighted by Crippen LogP contribution is 2.19. The van der Waals surface area contributed by atoms with E-state index in [4.69, 9.17) is 0 Å². The zero-order chi connectivity index (χ0) is 11.3. The predicted molar refractivity (Wildman–Crippen MR) is 64.6 cm³/mol. The molecule has 0 aromatic carbocycles. The van der Waals surface area contributed by atoms with Crippen LogP contribution in [-0.4, -0.2) is 10.9 Å². The van der Waals surface area contributed by atoms with Gasteiger partial charge >= 0.3 is 0 Å². The van der Waals surface area contributed by atoms with Crippen LogP contribution in [0.1, 0.15) is 26.7 Å². The molecule has 1 unspecified atom stereocenters. The third-order valence-electron chi connectivity index (χ3n) is 2.25. The van der Waals surface area contributed by atoms with Crippen LogP contribution in [0, 0.1) is 5.92 Å². The molecule has 0 spiro atoms. The van der Waals surface area contributed by atoms with E-state index in [1.165, 1.54) is 0 Å². The number of amides is 1. The normalized spacial score (nSPS) is 12.2. The number of aromatic nitrogens is 1. The molecule has 1 heterocycles. The zero-order valence-corrected chi connectivity index (χ0v) is 10.5. The van der Waals surface area contributed by atoms with Gasteiger partial charge in [-0.05, 0) is 34.0 Å². The maximum atomic E-state index is 11.6. The number of carbonyl (C=O) groups excluding carboxylic acids is 1. The number of anilines is 1. The minimum Gasteiger partial charge on any atom is -0.310 e. The van der Waals surface area contributed by atoms with Crippen molar-refractivity contribution in [2.45, 2.75) is 26.7 Å². The quantitative estimate of drug-likeness (QED) is 0.913. The number of hydrogen-bond donors (Lipinski definition) is 1. The standard InChI is InChI=1S/C11H15BrN2O/c1-3-8(2)7-10(15)14-11-9(12)5-4-6-13-11/h4-6,8H,3,7H2,1-2H3,(H,13,14,15). The van der Waals surface area contributed by atoms with Gasteiger partial charge in [-0.2, -0.15) is 0 Å². The average molecular weight is 271 g/mol. The number of pyridine rings is 1. The molecule has 0 fully saturated rings. The van der Waals surface area contributed by atoms with E-state index in [2.05, 4.69) is 40.1 Å². The van der Waals surface area contributed by atoms with E-state index in [-0.39, 0.29) is 5.91 Å². The maximum absolute atomic E-state index is 11.6. The minimum absolute atomic E-state index is 0.0174. The van der Waals surface area contributed by atoms with Crippen LogP contribution < -0.4 is 5.32 Å². The zero-order valence-electron chi connectivity index (χ0n) is 8.96. The molecule has 0 aliphatic rings. The summed E-state index contributed by atoms with van der Waals surface area (Å²) in [6.07, 6.45) is 3.21. The average Bonchev–Trinajstić information content (AvgIpc) is 2.21. The summed E-state index contributed by atoms with van der Waals surface area (Å²) in [5.41, 5.74) is 0. The molecule has 0 aliphatic heterocycles. The third kappa shape index (κ3) is 4.00. The Morgan fingerprint density at radius 1 is 1.67 bits per heavy atom. The molecule has 1 N–H and O–H groups in total. The van der Waals surface area contributed by atoms with E-state index in [0.717, 1.165) is 10.9 Å². The van der Waals surface area contributed by atoms with Crippen molar-refractivity contribution in [2.24, 2.45) is 5.92 Å². The van der Waals surface area contributed by atoms with Gasteiger partial charge in [0.15, 0.2) is 0 Å². The van der Waals surface area contributed by atoms with Crippen molar-refractivity contribution in [1.29, 1.82) is 0 Å². The molecule has 1 rings (SSSR count).